The Hall–Kier alpha value is -0.0300. The molecule has 0 saturated heterocycles. The van der Waals surface area contributed by atoms with Gasteiger partial charge in [0.2, 0.25) is 0 Å². The first-order chi connectivity index (χ1) is 4.18. The maximum absolute atomic E-state index is 10.0. The summed E-state index contributed by atoms with van der Waals surface area (Å²) in [4.78, 5) is 10.0. The molecular weight excluding hydrogens is 191 g/mol. The number of hydrogen-bond donors (Lipinski definition) is 3. The molecule has 0 aliphatic heterocycles. The van der Waals surface area contributed by atoms with E-state index in [0.717, 1.165) is 0 Å². The highest BCUT2D eigenvalue weighted by Gasteiger charge is 2.08. The molecular formula is C5H14Cl2N2O2. The molecule has 0 bridgehead atoms. The predicted molar refractivity (Wildman–Crippen MR) is 48.4 cm³/mol. The van der Waals surface area contributed by atoms with E-state index in [1.54, 1.807) is 0 Å². The molecule has 0 radical (unpaired) electrons. The van der Waals surface area contributed by atoms with Crippen LogP contribution in [0.2, 0.25) is 0 Å². The van der Waals surface area contributed by atoms with E-state index in [-0.39, 0.29) is 24.8 Å². The fourth-order valence-electron chi connectivity index (χ4n) is 0.461. The maximum Gasteiger partial charge on any atom is 0.320 e. The highest BCUT2D eigenvalue weighted by Crippen LogP contribution is 1.91. The fourth-order valence-corrected chi connectivity index (χ4v) is 0.461. The van der Waals surface area contributed by atoms with Crippen molar-refractivity contribution in [3.63, 3.8) is 0 Å². The predicted octanol–water partition coefficient (Wildman–Crippen LogP) is -0.0192. The summed E-state index contributed by atoms with van der Waals surface area (Å²) in [5.41, 5.74) is 10.3. The Balaban J connectivity index is -0.000000320. The van der Waals surface area contributed by atoms with Crippen LogP contribution >= 0.6 is 24.8 Å². The smallest absolute Gasteiger partial charge is 0.320 e. The summed E-state index contributed by atoms with van der Waals surface area (Å²) in [6, 6.07) is -0.742. The highest BCUT2D eigenvalue weighted by atomic mass is 35.5. The topological polar surface area (TPSA) is 89.3 Å². The summed E-state index contributed by atoms with van der Waals surface area (Å²) in [6.45, 7) is 0.501. The molecule has 11 heavy (non-hydrogen) atoms. The number of carbonyl (C=O) groups is 1. The van der Waals surface area contributed by atoms with Gasteiger partial charge in [-0.3, -0.25) is 4.79 Å². The second-order valence-corrected chi connectivity index (χ2v) is 1.88. The lowest BCUT2D eigenvalue weighted by atomic mass is 10.2. The molecule has 0 heterocycles. The van der Waals surface area contributed by atoms with E-state index in [0.29, 0.717) is 19.4 Å². The third-order valence-corrected chi connectivity index (χ3v) is 1.04. The van der Waals surface area contributed by atoms with Gasteiger partial charge in [0.15, 0.2) is 0 Å². The lowest BCUT2D eigenvalue weighted by Crippen LogP contribution is -2.30. The first-order valence-electron chi connectivity index (χ1n) is 2.87. The Morgan fingerprint density at radius 3 is 2.18 bits per heavy atom. The van der Waals surface area contributed by atoms with Crippen molar-refractivity contribution in [2.75, 3.05) is 6.54 Å². The van der Waals surface area contributed by atoms with Crippen molar-refractivity contribution >= 4 is 30.8 Å². The van der Waals surface area contributed by atoms with Crippen molar-refractivity contribution in [1.29, 1.82) is 0 Å². The van der Waals surface area contributed by atoms with E-state index < -0.39 is 12.0 Å². The summed E-state index contributed by atoms with van der Waals surface area (Å²) in [5, 5.41) is 8.24. The second-order valence-electron chi connectivity index (χ2n) is 1.88. The van der Waals surface area contributed by atoms with Gasteiger partial charge in [0.1, 0.15) is 6.04 Å². The molecule has 0 unspecified atom stereocenters. The van der Waals surface area contributed by atoms with E-state index in [1.807, 2.05) is 0 Å². The van der Waals surface area contributed by atoms with Gasteiger partial charge in [-0.25, -0.2) is 0 Å². The van der Waals surface area contributed by atoms with Crippen molar-refractivity contribution < 1.29 is 9.90 Å². The average Bonchev–Trinajstić information content (AvgIpc) is 1.82. The maximum atomic E-state index is 10.0. The van der Waals surface area contributed by atoms with Gasteiger partial charge in [0.25, 0.3) is 0 Å². The zero-order valence-corrected chi connectivity index (χ0v) is 7.66. The van der Waals surface area contributed by atoms with Gasteiger partial charge >= 0.3 is 5.97 Å². The lowest BCUT2D eigenvalue weighted by Gasteiger charge is -2.02. The molecule has 0 fully saturated rings. The van der Waals surface area contributed by atoms with E-state index >= 15 is 0 Å². The molecule has 0 saturated carbocycles. The van der Waals surface area contributed by atoms with Gasteiger partial charge in [0.05, 0.1) is 0 Å². The molecule has 0 amide bonds. The molecule has 0 rings (SSSR count). The van der Waals surface area contributed by atoms with Gasteiger partial charge < -0.3 is 16.6 Å². The number of nitrogens with two attached hydrogens (primary N) is 2. The number of halogens is 2. The number of hydrogen-bond acceptors (Lipinski definition) is 3. The minimum Gasteiger partial charge on any atom is -0.480 e. The Labute approximate surface area is 78.1 Å². The highest BCUT2D eigenvalue weighted by molar-refractivity contribution is 5.85. The van der Waals surface area contributed by atoms with Crippen LogP contribution in [0.1, 0.15) is 12.8 Å². The van der Waals surface area contributed by atoms with Crippen molar-refractivity contribution in [2.45, 2.75) is 18.9 Å². The van der Waals surface area contributed by atoms with E-state index in [1.165, 1.54) is 0 Å². The molecule has 0 aromatic heterocycles. The third-order valence-electron chi connectivity index (χ3n) is 1.04. The van der Waals surface area contributed by atoms with Crippen LogP contribution in [-0.4, -0.2) is 23.7 Å². The van der Waals surface area contributed by atoms with Crippen molar-refractivity contribution in [3.8, 4) is 0 Å². The molecule has 4 nitrogen and oxygen atoms in total. The summed E-state index contributed by atoms with van der Waals surface area (Å²) in [6.07, 6.45) is 1.14. The van der Waals surface area contributed by atoms with Crippen LogP contribution in [-0.2, 0) is 4.79 Å². The molecule has 5 N–H and O–H groups in total. The van der Waals surface area contributed by atoms with Crippen LogP contribution in [0.5, 0.6) is 0 Å². The van der Waals surface area contributed by atoms with Crippen LogP contribution < -0.4 is 11.5 Å². The van der Waals surface area contributed by atoms with Gasteiger partial charge in [0, 0.05) is 0 Å². The number of carboxylic acids is 1. The van der Waals surface area contributed by atoms with E-state index in [4.69, 9.17) is 16.6 Å². The second kappa shape index (κ2) is 9.97. The van der Waals surface area contributed by atoms with Crippen molar-refractivity contribution in [3.05, 3.63) is 0 Å². The molecule has 0 aliphatic rings. The Morgan fingerprint density at radius 1 is 1.45 bits per heavy atom. The van der Waals surface area contributed by atoms with E-state index in [2.05, 4.69) is 0 Å². The summed E-state index contributed by atoms with van der Waals surface area (Å²) >= 11 is 0. The number of aliphatic carboxylic acids is 1. The van der Waals surface area contributed by atoms with Gasteiger partial charge in [-0.05, 0) is 19.4 Å². The summed E-state index contributed by atoms with van der Waals surface area (Å²) in [5.74, 6) is -0.955. The fraction of sp³-hybridized carbons (Fsp3) is 0.800. The molecule has 6 heteroatoms. The molecule has 0 aromatic rings. The zero-order chi connectivity index (χ0) is 7.28. The summed E-state index contributed by atoms with van der Waals surface area (Å²) < 4.78 is 0. The van der Waals surface area contributed by atoms with Crippen LogP contribution in [0.25, 0.3) is 0 Å². The van der Waals surface area contributed by atoms with Gasteiger partial charge in [-0.1, -0.05) is 0 Å². The van der Waals surface area contributed by atoms with E-state index in [9.17, 15) is 4.79 Å². The molecule has 0 aliphatic carbocycles. The Morgan fingerprint density at radius 2 is 1.91 bits per heavy atom. The van der Waals surface area contributed by atoms with Gasteiger partial charge in [-0.15, -0.1) is 24.8 Å². The monoisotopic (exact) mass is 204 g/mol. The number of rotatable bonds is 4. The largest absolute Gasteiger partial charge is 0.480 e. The van der Waals surface area contributed by atoms with Crippen molar-refractivity contribution in [1.82, 2.24) is 0 Å². The molecule has 0 spiro atoms. The Kier molecular flexibility index (Phi) is 15.6. The zero-order valence-electron chi connectivity index (χ0n) is 6.03. The minimum atomic E-state index is -0.955. The molecule has 1 atom stereocenters. The van der Waals surface area contributed by atoms with Crippen LogP contribution in [0.3, 0.4) is 0 Å². The molecule has 0 aromatic carbocycles. The minimum absolute atomic E-state index is 0. The van der Waals surface area contributed by atoms with Crippen LogP contribution in [0.4, 0.5) is 0 Å². The van der Waals surface area contributed by atoms with Crippen LogP contribution in [0, 0.1) is 0 Å². The lowest BCUT2D eigenvalue weighted by molar-refractivity contribution is -0.138. The SMILES string of the molecule is Cl.Cl.NCCC[C@@H](N)C(=O)O. The quantitative estimate of drug-likeness (QED) is 0.601. The first kappa shape index (κ1) is 17.2. The Bertz CT molecular complexity index is 102. The van der Waals surface area contributed by atoms with Crippen LogP contribution in [0.15, 0.2) is 0 Å². The average molecular weight is 205 g/mol. The molecule has 70 valence electrons. The number of carboxylic acid groups (broad SMARTS) is 1. The third kappa shape index (κ3) is 9.97. The normalized spacial score (nSPS) is 10.7. The van der Waals surface area contributed by atoms with Gasteiger partial charge in [-0.2, -0.15) is 0 Å². The van der Waals surface area contributed by atoms with Crippen molar-refractivity contribution in [2.24, 2.45) is 11.5 Å². The first-order valence-corrected chi connectivity index (χ1v) is 2.87. The summed E-state index contributed by atoms with van der Waals surface area (Å²) in [7, 11) is 0. The standard InChI is InChI=1S/C5H12N2O2.2ClH/c6-3-1-2-4(7)5(8)9;;/h4H,1-3,6-7H2,(H,8,9);2*1H/t4-;;/m1../s1.